The molecule has 0 aromatic heterocycles. The third-order valence-electron chi connectivity index (χ3n) is 2.88. The molecule has 1 aliphatic carbocycles. The highest BCUT2D eigenvalue weighted by Gasteiger charge is 2.24. The van der Waals surface area contributed by atoms with Crippen molar-refractivity contribution in [2.24, 2.45) is 0 Å². The minimum absolute atomic E-state index is 0.0682. The SMILES string of the molecule is CC1=C(C)C(=O)C(CCC(C)(C)O)=CC1=O. The summed E-state index contributed by atoms with van der Waals surface area (Å²) in [6.45, 7) is 6.72. The number of allylic oxidation sites excluding steroid dienone is 4. The predicted molar refractivity (Wildman–Crippen MR) is 62.0 cm³/mol. The van der Waals surface area contributed by atoms with Crippen molar-refractivity contribution < 1.29 is 14.7 Å². The fourth-order valence-corrected chi connectivity index (χ4v) is 1.55. The maximum atomic E-state index is 11.8. The Morgan fingerprint density at radius 2 is 1.75 bits per heavy atom. The number of rotatable bonds is 3. The van der Waals surface area contributed by atoms with Gasteiger partial charge >= 0.3 is 0 Å². The van der Waals surface area contributed by atoms with Crippen molar-refractivity contribution in [1.29, 1.82) is 0 Å². The van der Waals surface area contributed by atoms with Crippen LogP contribution in [0.1, 0.15) is 40.5 Å². The summed E-state index contributed by atoms with van der Waals surface area (Å²) in [6.07, 6.45) is 2.32. The third kappa shape index (κ3) is 2.89. The molecule has 0 atom stereocenters. The quantitative estimate of drug-likeness (QED) is 0.742. The number of ketones is 2. The van der Waals surface area contributed by atoms with Crippen LogP contribution in [0.4, 0.5) is 0 Å². The van der Waals surface area contributed by atoms with Crippen LogP contribution in [0.2, 0.25) is 0 Å². The molecular formula is C13H18O3. The first-order valence-electron chi connectivity index (χ1n) is 5.42. The maximum Gasteiger partial charge on any atom is 0.185 e. The standard InChI is InChI=1S/C13H18O3/c1-8-9(2)12(15)10(7-11(8)14)5-6-13(3,4)16/h7,16H,5-6H2,1-4H3. The Kier molecular flexibility index (Phi) is 3.48. The summed E-state index contributed by atoms with van der Waals surface area (Å²) < 4.78 is 0. The zero-order valence-electron chi connectivity index (χ0n) is 10.3. The Balaban J connectivity index is 2.81. The topological polar surface area (TPSA) is 54.4 Å². The van der Waals surface area contributed by atoms with Crippen LogP contribution in [-0.4, -0.2) is 22.3 Å². The first-order chi connectivity index (χ1) is 7.22. The fourth-order valence-electron chi connectivity index (χ4n) is 1.55. The second kappa shape index (κ2) is 4.34. The molecule has 0 aliphatic heterocycles. The number of aliphatic hydroxyl groups is 1. The van der Waals surface area contributed by atoms with Gasteiger partial charge in [-0.05, 0) is 46.6 Å². The summed E-state index contributed by atoms with van der Waals surface area (Å²) in [7, 11) is 0. The first kappa shape index (κ1) is 12.8. The molecule has 0 saturated carbocycles. The summed E-state index contributed by atoms with van der Waals surface area (Å²) in [5.74, 6) is -0.163. The highest BCUT2D eigenvalue weighted by Crippen LogP contribution is 2.24. The van der Waals surface area contributed by atoms with E-state index in [1.54, 1.807) is 27.7 Å². The van der Waals surface area contributed by atoms with Crippen LogP contribution in [0.5, 0.6) is 0 Å². The van der Waals surface area contributed by atoms with E-state index in [0.717, 1.165) is 0 Å². The van der Waals surface area contributed by atoms with E-state index < -0.39 is 5.60 Å². The summed E-state index contributed by atoms with van der Waals surface area (Å²) in [5.41, 5.74) is 0.749. The highest BCUT2D eigenvalue weighted by atomic mass is 16.3. The second-order valence-corrected chi connectivity index (χ2v) is 4.93. The molecule has 3 heteroatoms. The van der Waals surface area contributed by atoms with Gasteiger partial charge in [0.15, 0.2) is 11.6 Å². The van der Waals surface area contributed by atoms with Crippen LogP contribution in [0, 0.1) is 0 Å². The molecule has 1 N–H and O–H groups in total. The van der Waals surface area contributed by atoms with Gasteiger partial charge in [0, 0.05) is 16.7 Å². The summed E-state index contributed by atoms with van der Waals surface area (Å²) in [5, 5.41) is 9.58. The van der Waals surface area contributed by atoms with Gasteiger partial charge in [0.1, 0.15) is 0 Å². The molecule has 0 unspecified atom stereocenters. The normalized spacial score (nSPS) is 17.9. The van der Waals surface area contributed by atoms with Gasteiger partial charge in [-0.25, -0.2) is 0 Å². The van der Waals surface area contributed by atoms with E-state index in [0.29, 0.717) is 29.6 Å². The highest BCUT2D eigenvalue weighted by molar-refractivity contribution is 6.22. The van der Waals surface area contributed by atoms with Gasteiger partial charge in [0.2, 0.25) is 0 Å². The van der Waals surface area contributed by atoms with Gasteiger partial charge in [0.25, 0.3) is 0 Å². The van der Waals surface area contributed by atoms with Crippen LogP contribution < -0.4 is 0 Å². The third-order valence-corrected chi connectivity index (χ3v) is 2.88. The Hall–Kier alpha value is -1.22. The molecule has 16 heavy (non-hydrogen) atoms. The van der Waals surface area contributed by atoms with Gasteiger partial charge in [-0.2, -0.15) is 0 Å². The minimum Gasteiger partial charge on any atom is -0.390 e. The second-order valence-electron chi connectivity index (χ2n) is 4.93. The molecule has 0 saturated heterocycles. The molecule has 0 aromatic carbocycles. The first-order valence-corrected chi connectivity index (χ1v) is 5.42. The van der Waals surface area contributed by atoms with Crippen molar-refractivity contribution in [3.05, 3.63) is 22.8 Å². The van der Waals surface area contributed by atoms with E-state index in [9.17, 15) is 14.7 Å². The Labute approximate surface area is 95.9 Å². The molecule has 1 aliphatic rings. The summed E-state index contributed by atoms with van der Waals surface area (Å²) in [4.78, 5) is 23.4. The van der Waals surface area contributed by atoms with Gasteiger partial charge in [-0.1, -0.05) is 0 Å². The van der Waals surface area contributed by atoms with Crippen molar-refractivity contribution in [2.45, 2.75) is 46.1 Å². The summed E-state index contributed by atoms with van der Waals surface area (Å²) >= 11 is 0. The average Bonchev–Trinajstić information content (AvgIpc) is 2.17. The molecule has 0 aromatic rings. The monoisotopic (exact) mass is 222 g/mol. The van der Waals surface area contributed by atoms with Crippen LogP contribution in [-0.2, 0) is 9.59 Å². The molecule has 88 valence electrons. The van der Waals surface area contributed by atoms with Crippen LogP contribution >= 0.6 is 0 Å². The van der Waals surface area contributed by atoms with Gasteiger partial charge in [-0.15, -0.1) is 0 Å². The van der Waals surface area contributed by atoms with Crippen molar-refractivity contribution in [1.82, 2.24) is 0 Å². The molecule has 0 fully saturated rings. The van der Waals surface area contributed by atoms with Crippen molar-refractivity contribution in [2.75, 3.05) is 0 Å². The van der Waals surface area contributed by atoms with Crippen LogP contribution in [0.25, 0.3) is 0 Å². The van der Waals surface area contributed by atoms with E-state index in [1.165, 1.54) is 6.08 Å². The molecule has 0 heterocycles. The molecule has 0 spiro atoms. The zero-order chi connectivity index (χ0) is 12.5. The smallest absolute Gasteiger partial charge is 0.185 e. The maximum absolute atomic E-state index is 11.8. The largest absolute Gasteiger partial charge is 0.390 e. The number of hydrogen-bond donors (Lipinski definition) is 1. The van der Waals surface area contributed by atoms with Crippen LogP contribution in [0.15, 0.2) is 22.8 Å². The minimum atomic E-state index is -0.811. The van der Waals surface area contributed by atoms with Gasteiger partial charge < -0.3 is 5.11 Å². The van der Waals surface area contributed by atoms with E-state index in [2.05, 4.69) is 0 Å². The predicted octanol–water partition coefficient (Wildman–Crippen LogP) is 1.95. The lowest BCUT2D eigenvalue weighted by atomic mass is 9.87. The lowest BCUT2D eigenvalue weighted by molar-refractivity contribution is -0.116. The molecule has 1 rings (SSSR count). The van der Waals surface area contributed by atoms with E-state index >= 15 is 0 Å². The number of hydrogen-bond acceptors (Lipinski definition) is 3. The van der Waals surface area contributed by atoms with E-state index in [1.807, 2.05) is 0 Å². The van der Waals surface area contributed by atoms with Crippen molar-refractivity contribution in [3.8, 4) is 0 Å². The zero-order valence-corrected chi connectivity index (χ0v) is 10.3. The fraction of sp³-hybridized carbons (Fsp3) is 0.538. The number of carbonyl (C=O) groups is 2. The Morgan fingerprint density at radius 1 is 1.19 bits per heavy atom. The number of carbonyl (C=O) groups excluding carboxylic acids is 2. The van der Waals surface area contributed by atoms with Crippen LogP contribution in [0.3, 0.4) is 0 Å². The molecule has 3 nitrogen and oxygen atoms in total. The molecular weight excluding hydrogens is 204 g/mol. The van der Waals surface area contributed by atoms with Gasteiger partial charge in [0.05, 0.1) is 5.60 Å². The number of Topliss-reactive ketones (excluding diaryl/α,β-unsaturated/α-hetero) is 1. The van der Waals surface area contributed by atoms with Crippen molar-refractivity contribution >= 4 is 11.6 Å². The Morgan fingerprint density at radius 3 is 2.25 bits per heavy atom. The Bertz CT molecular complexity index is 392. The van der Waals surface area contributed by atoms with Crippen molar-refractivity contribution in [3.63, 3.8) is 0 Å². The van der Waals surface area contributed by atoms with E-state index in [-0.39, 0.29) is 11.6 Å². The summed E-state index contributed by atoms with van der Waals surface area (Å²) in [6, 6.07) is 0. The lowest BCUT2D eigenvalue weighted by Crippen LogP contribution is -2.22. The van der Waals surface area contributed by atoms with Gasteiger partial charge in [-0.3, -0.25) is 9.59 Å². The van der Waals surface area contributed by atoms with E-state index in [4.69, 9.17) is 0 Å². The lowest BCUT2D eigenvalue weighted by Gasteiger charge is -2.19. The molecule has 0 bridgehead atoms. The molecule has 0 amide bonds. The molecule has 0 radical (unpaired) electrons. The average molecular weight is 222 g/mol.